The average molecular weight is 275 g/mol. The summed E-state index contributed by atoms with van der Waals surface area (Å²) in [7, 11) is 1.37. The van der Waals surface area contributed by atoms with Crippen molar-refractivity contribution in [2.24, 2.45) is 0 Å². The van der Waals surface area contributed by atoms with Crippen LogP contribution in [0.25, 0.3) is 11.3 Å². The van der Waals surface area contributed by atoms with Crippen LogP contribution in [0.4, 0.5) is 0 Å². The highest BCUT2D eigenvalue weighted by Gasteiger charge is 2.18. The Labute approximate surface area is 115 Å². The number of methoxy groups -OCH3 is 1. The quantitative estimate of drug-likeness (QED) is 0.796. The van der Waals surface area contributed by atoms with Crippen molar-refractivity contribution in [3.8, 4) is 22.8 Å². The molecule has 20 heavy (non-hydrogen) atoms. The van der Waals surface area contributed by atoms with E-state index in [1.807, 2.05) is 18.2 Å². The molecule has 0 fully saturated rings. The van der Waals surface area contributed by atoms with Gasteiger partial charge in [0.1, 0.15) is 0 Å². The van der Waals surface area contributed by atoms with Crippen LogP contribution >= 0.6 is 0 Å². The topological polar surface area (TPSA) is 70.8 Å². The molecule has 0 saturated carbocycles. The van der Waals surface area contributed by atoms with E-state index in [2.05, 4.69) is 9.89 Å². The zero-order valence-electron chi connectivity index (χ0n) is 10.9. The van der Waals surface area contributed by atoms with E-state index in [0.717, 1.165) is 11.1 Å². The van der Waals surface area contributed by atoms with Gasteiger partial charge in [-0.1, -0.05) is 5.16 Å². The fourth-order valence-electron chi connectivity index (χ4n) is 2.05. The van der Waals surface area contributed by atoms with Crippen molar-refractivity contribution in [1.29, 1.82) is 0 Å². The minimum Gasteiger partial charge on any atom is -0.469 e. The third kappa shape index (κ3) is 2.32. The second kappa shape index (κ2) is 5.24. The number of carbonyl (C=O) groups excluding carboxylic acids is 1. The standard InChI is InChI=1S/C14H13NO5/c1-17-13(16)5-3-10-7-15-20-14(10)9-2-4-11-12(6-9)19-8-18-11/h2,4,6-7H,3,5,8H2,1H3. The van der Waals surface area contributed by atoms with E-state index in [4.69, 9.17) is 14.0 Å². The van der Waals surface area contributed by atoms with E-state index in [1.165, 1.54) is 7.11 Å². The third-order valence-corrected chi connectivity index (χ3v) is 3.11. The summed E-state index contributed by atoms with van der Waals surface area (Å²) in [5.74, 6) is 1.76. The molecule has 0 spiro atoms. The molecule has 1 aromatic carbocycles. The molecule has 0 saturated heterocycles. The van der Waals surface area contributed by atoms with Crippen LogP contribution in [0.15, 0.2) is 28.9 Å². The van der Waals surface area contributed by atoms with Crippen molar-refractivity contribution in [1.82, 2.24) is 5.16 Å². The lowest BCUT2D eigenvalue weighted by Gasteiger charge is -2.02. The molecule has 3 rings (SSSR count). The van der Waals surface area contributed by atoms with Crippen molar-refractivity contribution in [2.45, 2.75) is 12.8 Å². The SMILES string of the molecule is COC(=O)CCc1cnoc1-c1ccc2c(c1)OCO2. The molecule has 0 radical (unpaired) electrons. The smallest absolute Gasteiger partial charge is 0.305 e. The minimum atomic E-state index is -0.261. The number of aromatic nitrogens is 1. The monoisotopic (exact) mass is 275 g/mol. The molecule has 0 amide bonds. The zero-order chi connectivity index (χ0) is 13.9. The maximum Gasteiger partial charge on any atom is 0.305 e. The molecule has 1 aromatic heterocycles. The Balaban J connectivity index is 1.84. The van der Waals surface area contributed by atoms with Crippen LogP contribution in [-0.4, -0.2) is 25.0 Å². The van der Waals surface area contributed by atoms with Gasteiger partial charge in [0.05, 0.1) is 13.3 Å². The van der Waals surface area contributed by atoms with Crippen LogP contribution in [0.1, 0.15) is 12.0 Å². The summed E-state index contributed by atoms with van der Waals surface area (Å²) in [5.41, 5.74) is 1.70. The maximum absolute atomic E-state index is 11.2. The number of rotatable bonds is 4. The van der Waals surface area contributed by atoms with E-state index in [1.54, 1.807) is 6.20 Å². The Hall–Kier alpha value is -2.50. The van der Waals surface area contributed by atoms with Gasteiger partial charge in [0, 0.05) is 17.5 Å². The lowest BCUT2D eigenvalue weighted by Crippen LogP contribution is -2.01. The van der Waals surface area contributed by atoms with Crippen molar-refractivity contribution in [3.05, 3.63) is 30.0 Å². The van der Waals surface area contributed by atoms with Gasteiger partial charge >= 0.3 is 5.97 Å². The van der Waals surface area contributed by atoms with Gasteiger partial charge in [0.2, 0.25) is 6.79 Å². The number of hydrogen-bond donors (Lipinski definition) is 0. The van der Waals surface area contributed by atoms with Gasteiger partial charge < -0.3 is 18.7 Å². The summed E-state index contributed by atoms with van der Waals surface area (Å²) < 4.78 is 20.5. The molecule has 104 valence electrons. The van der Waals surface area contributed by atoms with Crippen LogP contribution in [-0.2, 0) is 16.0 Å². The molecule has 0 aliphatic carbocycles. The Morgan fingerprint density at radius 3 is 3.05 bits per heavy atom. The predicted molar refractivity (Wildman–Crippen MR) is 68.4 cm³/mol. The van der Waals surface area contributed by atoms with Crippen molar-refractivity contribution in [3.63, 3.8) is 0 Å². The fraction of sp³-hybridized carbons (Fsp3) is 0.286. The summed E-state index contributed by atoms with van der Waals surface area (Å²) in [6.45, 7) is 0.227. The second-order valence-corrected chi connectivity index (χ2v) is 4.32. The van der Waals surface area contributed by atoms with E-state index in [9.17, 15) is 4.79 Å². The van der Waals surface area contributed by atoms with E-state index in [-0.39, 0.29) is 19.2 Å². The molecule has 0 unspecified atom stereocenters. The van der Waals surface area contributed by atoms with Crippen molar-refractivity contribution >= 4 is 5.97 Å². The van der Waals surface area contributed by atoms with Crippen molar-refractivity contribution < 1.29 is 23.5 Å². The first-order valence-corrected chi connectivity index (χ1v) is 6.18. The first kappa shape index (κ1) is 12.5. The summed E-state index contributed by atoms with van der Waals surface area (Å²) in [5, 5.41) is 3.80. The largest absolute Gasteiger partial charge is 0.469 e. The number of esters is 1. The molecule has 1 aliphatic heterocycles. The van der Waals surface area contributed by atoms with Gasteiger partial charge in [-0.2, -0.15) is 0 Å². The second-order valence-electron chi connectivity index (χ2n) is 4.32. The van der Waals surface area contributed by atoms with Gasteiger partial charge in [-0.15, -0.1) is 0 Å². The molecule has 0 atom stereocenters. The Morgan fingerprint density at radius 1 is 1.35 bits per heavy atom. The third-order valence-electron chi connectivity index (χ3n) is 3.11. The van der Waals surface area contributed by atoms with Gasteiger partial charge in [0.15, 0.2) is 17.3 Å². The minimum absolute atomic E-state index is 0.227. The van der Waals surface area contributed by atoms with Crippen LogP contribution < -0.4 is 9.47 Å². The molecule has 0 N–H and O–H groups in total. The average Bonchev–Trinajstić information content (AvgIpc) is 3.12. The number of hydrogen-bond acceptors (Lipinski definition) is 6. The van der Waals surface area contributed by atoms with Gasteiger partial charge in [0.25, 0.3) is 0 Å². The van der Waals surface area contributed by atoms with E-state index < -0.39 is 0 Å². The highest BCUT2D eigenvalue weighted by atomic mass is 16.7. The van der Waals surface area contributed by atoms with E-state index >= 15 is 0 Å². The summed E-state index contributed by atoms with van der Waals surface area (Å²) >= 11 is 0. The molecule has 6 heteroatoms. The lowest BCUT2D eigenvalue weighted by atomic mass is 10.1. The molecule has 2 heterocycles. The number of nitrogens with zero attached hydrogens (tertiary/aromatic N) is 1. The van der Waals surface area contributed by atoms with Crippen LogP contribution in [0, 0.1) is 0 Å². The molecular formula is C14H13NO5. The highest BCUT2D eigenvalue weighted by molar-refractivity contribution is 5.71. The first-order valence-electron chi connectivity index (χ1n) is 6.18. The van der Waals surface area contributed by atoms with Gasteiger partial charge in [-0.25, -0.2) is 0 Å². The highest BCUT2D eigenvalue weighted by Crippen LogP contribution is 2.36. The zero-order valence-corrected chi connectivity index (χ0v) is 10.9. The van der Waals surface area contributed by atoms with E-state index in [0.29, 0.717) is 23.7 Å². The molecule has 1 aliphatic rings. The number of ether oxygens (including phenoxy) is 3. The lowest BCUT2D eigenvalue weighted by molar-refractivity contribution is -0.140. The van der Waals surface area contributed by atoms with Crippen LogP contribution in [0.5, 0.6) is 11.5 Å². The van der Waals surface area contributed by atoms with Crippen molar-refractivity contribution in [2.75, 3.05) is 13.9 Å². The number of fused-ring (bicyclic) bond motifs is 1. The van der Waals surface area contributed by atoms with Gasteiger partial charge in [-0.3, -0.25) is 4.79 Å². The number of aryl methyl sites for hydroxylation is 1. The summed E-state index contributed by atoms with van der Waals surface area (Å²) in [6.07, 6.45) is 2.41. The van der Waals surface area contributed by atoms with Crippen LogP contribution in [0.3, 0.4) is 0 Å². The first-order chi connectivity index (χ1) is 9.78. The fourth-order valence-corrected chi connectivity index (χ4v) is 2.05. The summed E-state index contributed by atoms with van der Waals surface area (Å²) in [4.78, 5) is 11.2. The Morgan fingerprint density at radius 2 is 2.20 bits per heavy atom. The normalized spacial score (nSPS) is 12.4. The molecule has 6 nitrogen and oxygen atoms in total. The molecular weight excluding hydrogens is 262 g/mol. The number of carbonyl (C=O) groups is 1. The Bertz CT molecular complexity index is 634. The predicted octanol–water partition coefficient (Wildman–Crippen LogP) is 2.18. The number of benzene rings is 1. The summed E-state index contributed by atoms with van der Waals surface area (Å²) in [6, 6.07) is 5.53. The maximum atomic E-state index is 11.2. The van der Waals surface area contributed by atoms with Crippen LogP contribution in [0.2, 0.25) is 0 Å². The molecule has 2 aromatic rings. The molecule has 0 bridgehead atoms. The Kier molecular flexibility index (Phi) is 3.28. The van der Waals surface area contributed by atoms with Gasteiger partial charge in [-0.05, 0) is 24.6 Å².